The molecule has 0 spiro atoms. The highest BCUT2D eigenvalue weighted by molar-refractivity contribution is 5.85. The van der Waals surface area contributed by atoms with Crippen LogP contribution in [0, 0.1) is 0 Å². The molecule has 3 N–H and O–H groups in total. The van der Waals surface area contributed by atoms with E-state index in [0.29, 0.717) is 0 Å². The number of rotatable bonds is 6. The van der Waals surface area contributed by atoms with Gasteiger partial charge in [0.2, 0.25) is 0 Å². The normalized spacial score (nSPS) is 13.0. The van der Waals surface area contributed by atoms with Crippen LogP contribution >= 0.6 is 12.4 Å². The molecule has 3 rings (SSSR count). The Morgan fingerprint density at radius 2 is 1.59 bits per heavy atom. The van der Waals surface area contributed by atoms with E-state index in [1.807, 2.05) is 36.4 Å². The molecular formula is C20H23ClN2O4. The number of hydrogen-bond donors (Lipinski definition) is 2. The minimum absolute atomic E-state index is 0. The van der Waals surface area contributed by atoms with Crippen molar-refractivity contribution in [2.45, 2.75) is 18.9 Å². The monoisotopic (exact) mass is 390 g/mol. The number of hydrogen-bond acceptors (Lipinski definition) is 5. The number of amides is 1. The molecule has 144 valence electrons. The number of nitrogens with two attached hydrogens (primary N) is 1. The van der Waals surface area contributed by atoms with E-state index in [4.69, 9.17) is 15.2 Å². The molecule has 1 atom stereocenters. The molecule has 0 heterocycles. The summed E-state index contributed by atoms with van der Waals surface area (Å²) < 4.78 is 10.3. The minimum atomic E-state index is -0.911. The Kier molecular flexibility index (Phi) is 7.21. The summed E-state index contributed by atoms with van der Waals surface area (Å²) in [6.45, 7) is 2.05. The third-order valence-electron chi connectivity index (χ3n) is 4.44. The van der Waals surface area contributed by atoms with Crippen LogP contribution in [0.15, 0.2) is 48.5 Å². The molecule has 7 heteroatoms. The number of esters is 1. The van der Waals surface area contributed by atoms with Gasteiger partial charge < -0.3 is 20.5 Å². The first kappa shape index (κ1) is 20.7. The summed E-state index contributed by atoms with van der Waals surface area (Å²) in [5, 5.41) is 2.46. The van der Waals surface area contributed by atoms with Gasteiger partial charge >= 0.3 is 12.1 Å². The van der Waals surface area contributed by atoms with Crippen molar-refractivity contribution >= 4 is 24.5 Å². The minimum Gasteiger partial charge on any atom is -0.464 e. The van der Waals surface area contributed by atoms with Gasteiger partial charge in [0, 0.05) is 12.5 Å². The van der Waals surface area contributed by atoms with E-state index in [9.17, 15) is 9.59 Å². The van der Waals surface area contributed by atoms with Gasteiger partial charge in [-0.1, -0.05) is 48.5 Å². The number of fused-ring (bicyclic) bond motifs is 3. The SMILES string of the molecule is CCOC(=O)[C@H](CN)NC(=O)OCC1c2ccccc2-c2ccccc21.Cl. The fourth-order valence-corrected chi connectivity index (χ4v) is 3.24. The second kappa shape index (κ2) is 9.39. The van der Waals surface area contributed by atoms with E-state index in [1.54, 1.807) is 6.92 Å². The van der Waals surface area contributed by atoms with Crippen molar-refractivity contribution in [1.82, 2.24) is 5.32 Å². The van der Waals surface area contributed by atoms with Crippen LogP contribution in [0.4, 0.5) is 4.79 Å². The Morgan fingerprint density at radius 1 is 1.04 bits per heavy atom. The molecule has 0 aromatic heterocycles. The lowest BCUT2D eigenvalue weighted by Gasteiger charge is -2.17. The molecule has 1 aliphatic carbocycles. The van der Waals surface area contributed by atoms with Crippen LogP contribution in [-0.2, 0) is 14.3 Å². The molecule has 0 saturated carbocycles. The van der Waals surface area contributed by atoms with Crippen LogP contribution in [0.25, 0.3) is 11.1 Å². The largest absolute Gasteiger partial charge is 0.464 e. The van der Waals surface area contributed by atoms with E-state index in [-0.39, 0.29) is 38.1 Å². The predicted octanol–water partition coefficient (Wildman–Crippen LogP) is 2.84. The summed E-state index contributed by atoms with van der Waals surface area (Å²) in [6.07, 6.45) is -0.685. The van der Waals surface area contributed by atoms with Crippen molar-refractivity contribution in [2.75, 3.05) is 19.8 Å². The number of ether oxygens (including phenoxy) is 2. The molecule has 0 bridgehead atoms. The zero-order valence-electron chi connectivity index (χ0n) is 15.0. The van der Waals surface area contributed by atoms with Crippen molar-refractivity contribution in [3.8, 4) is 11.1 Å². The standard InChI is InChI=1S/C20H22N2O4.ClH/c1-2-25-19(23)18(11-21)22-20(24)26-12-17-15-9-5-3-7-13(15)14-8-4-6-10-16(14)17;/h3-10,17-18H,2,11-12,21H2,1H3,(H,22,24);1H/t18-;/m0./s1. The Balaban J connectivity index is 0.00000261. The van der Waals surface area contributed by atoms with Gasteiger partial charge in [-0.3, -0.25) is 0 Å². The summed E-state index contributed by atoms with van der Waals surface area (Å²) in [5.74, 6) is -0.601. The molecule has 0 unspecified atom stereocenters. The summed E-state index contributed by atoms with van der Waals surface area (Å²) in [4.78, 5) is 23.8. The number of benzene rings is 2. The molecule has 1 aliphatic rings. The van der Waals surface area contributed by atoms with E-state index in [2.05, 4.69) is 17.4 Å². The van der Waals surface area contributed by atoms with E-state index in [0.717, 1.165) is 22.3 Å². The van der Waals surface area contributed by atoms with Crippen LogP contribution in [0.1, 0.15) is 24.0 Å². The number of carbonyl (C=O) groups excluding carboxylic acids is 2. The Labute approximate surface area is 164 Å². The van der Waals surface area contributed by atoms with Crippen LogP contribution < -0.4 is 11.1 Å². The van der Waals surface area contributed by atoms with Gasteiger partial charge in [-0.25, -0.2) is 9.59 Å². The van der Waals surface area contributed by atoms with Crippen molar-refractivity contribution in [2.24, 2.45) is 5.73 Å². The first-order valence-electron chi connectivity index (χ1n) is 8.64. The van der Waals surface area contributed by atoms with Gasteiger partial charge in [-0.2, -0.15) is 0 Å². The zero-order valence-corrected chi connectivity index (χ0v) is 15.8. The van der Waals surface area contributed by atoms with Crippen LogP contribution in [0.2, 0.25) is 0 Å². The molecule has 2 aromatic carbocycles. The van der Waals surface area contributed by atoms with Crippen LogP contribution in [0.5, 0.6) is 0 Å². The highest BCUT2D eigenvalue weighted by Crippen LogP contribution is 2.44. The molecule has 2 aromatic rings. The maximum absolute atomic E-state index is 12.1. The molecule has 0 radical (unpaired) electrons. The number of nitrogens with one attached hydrogen (secondary N) is 1. The first-order valence-corrected chi connectivity index (χ1v) is 8.64. The van der Waals surface area contributed by atoms with Gasteiger partial charge in [-0.15, -0.1) is 12.4 Å². The highest BCUT2D eigenvalue weighted by atomic mass is 35.5. The van der Waals surface area contributed by atoms with Gasteiger partial charge in [-0.05, 0) is 29.2 Å². The van der Waals surface area contributed by atoms with Gasteiger partial charge in [0.15, 0.2) is 0 Å². The highest BCUT2D eigenvalue weighted by Gasteiger charge is 2.29. The van der Waals surface area contributed by atoms with Gasteiger partial charge in [0.1, 0.15) is 12.6 Å². The molecule has 0 saturated heterocycles. The third-order valence-corrected chi connectivity index (χ3v) is 4.44. The number of alkyl carbamates (subject to hydrolysis) is 1. The fraction of sp³-hybridized carbons (Fsp3) is 0.300. The molecule has 6 nitrogen and oxygen atoms in total. The Morgan fingerprint density at radius 3 is 2.11 bits per heavy atom. The maximum Gasteiger partial charge on any atom is 0.407 e. The molecule has 0 aliphatic heterocycles. The third kappa shape index (κ3) is 4.40. The lowest BCUT2D eigenvalue weighted by molar-refractivity contribution is -0.145. The second-order valence-electron chi connectivity index (χ2n) is 6.01. The van der Waals surface area contributed by atoms with Crippen molar-refractivity contribution in [1.29, 1.82) is 0 Å². The smallest absolute Gasteiger partial charge is 0.407 e. The lowest BCUT2D eigenvalue weighted by Crippen LogP contribution is -2.47. The number of halogens is 1. The topological polar surface area (TPSA) is 90.6 Å². The molecular weight excluding hydrogens is 368 g/mol. The summed E-state index contributed by atoms with van der Waals surface area (Å²) in [5.41, 5.74) is 10.1. The molecule has 27 heavy (non-hydrogen) atoms. The maximum atomic E-state index is 12.1. The van der Waals surface area contributed by atoms with Gasteiger partial charge in [0.05, 0.1) is 6.61 Å². The van der Waals surface area contributed by atoms with E-state index >= 15 is 0 Å². The first-order chi connectivity index (χ1) is 12.7. The molecule has 0 fully saturated rings. The van der Waals surface area contributed by atoms with Crippen molar-refractivity contribution in [3.63, 3.8) is 0 Å². The van der Waals surface area contributed by atoms with Crippen molar-refractivity contribution < 1.29 is 19.1 Å². The average Bonchev–Trinajstić information content (AvgIpc) is 2.98. The summed E-state index contributed by atoms with van der Waals surface area (Å²) >= 11 is 0. The quantitative estimate of drug-likeness (QED) is 0.740. The Bertz CT molecular complexity index is 767. The van der Waals surface area contributed by atoms with E-state index < -0.39 is 18.1 Å². The number of carbonyl (C=O) groups is 2. The lowest BCUT2D eigenvalue weighted by atomic mass is 9.98. The molecule has 1 amide bonds. The van der Waals surface area contributed by atoms with Crippen LogP contribution in [-0.4, -0.2) is 37.9 Å². The predicted molar refractivity (Wildman–Crippen MR) is 105 cm³/mol. The van der Waals surface area contributed by atoms with E-state index in [1.165, 1.54) is 0 Å². The van der Waals surface area contributed by atoms with Gasteiger partial charge in [0.25, 0.3) is 0 Å². The average molecular weight is 391 g/mol. The van der Waals surface area contributed by atoms with Crippen LogP contribution in [0.3, 0.4) is 0 Å². The summed E-state index contributed by atoms with van der Waals surface area (Å²) in [6, 6.07) is 15.3. The summed E-state index contributed by atoms with van der Waals surface area (Å²) in [7, 11) is 0. The fourth-order valence-electron chi connectivity index (χ4n) is 3.24. The zero-order chi connectivity index (χ0) is 18.5. The van der Waals surface area contributed by atoms with Crippen molar-refractivity contribution in [3.05, 3.63) is 59.7 Å². The second-order valence-corrected chi connectivity index (χ2v) is 6.01. The Hall–Kier alpha value is -2.57.